The van der Waals surface area contributed by atoms with Crippen molar-refractivity contribution in [1.29, 1.82) is 21.0 Å². The Labute approximate surface area is 784 Å². The molecule has 20 heteroatoms. The first-order chi connectivity index (χ1) is 61.5. The van der Waals surface area contributed by atoms with Crippen molar-refractivity contribution in [3.63, 3.8) is 0 Å². The highest BCUT2D eigenvalue weighted by atomic mass is 35.5. The van der Waals surface area contributed by atoms with Crippen LogP contribution in [0.2, 0.25) is 35.2 Å². The van der Waals surface area contributed by atoms with E-state index in [1.54, 1.807) is 0 Å². The quantitative estimate of drug-likeness (QED) is 0.0724. The van der Waals surface area contributed by atoms with E-state index in [9.17, 15) is 10.4 Å². The van der Waals surface area contributed by atoms with Crippen LogP contribution < -0.4 is 19.6 Å². The minimum absolute atomic E-state index is 0.101. The lowest BCUT2D eigenvalue weighted by Gasteiger charge is -2.44. The molecule has 0 bridgehead atoms. The molecule has 0 aliphatic carbocycles. The molecule has 4 heterocycles. The average molecular weight is 1820 g/mol. The van der Waals surface area contributed by atoms with Crippen LogP contribution in [0.15, 0.2) is 267 Å². The van der Waals surface area contributed by atoms with Crippen molar-refractivity contribution in [3.8, 4) is 36.6 Å². The van der Waals surface area contributed by atoms with Crippen LogP contribution >= 0.6 is 81.2 Å². The van der Waals surface area contributed by atoms with Crippen molar-refractivity contribution in [2.24, 2.45) is 0 Å². The smallest absolute Gasteiger partial charge is 0.101 e. The van der Waals surface area contributed by atoms with E-state index in [4.69, 9.17) is 103 Å². The summed E-state index contributed by atoms with van der Waals surface area (Å²) < 4.78 is 0. The van der Waals surface area contributed by atoms with Gasteiger partial charge in [-0.15, -0.1) is 6.42 Å². The number of rotatable bonds is 20. The molecule has 646 valence electrons. The van der Waals surface area contributed by atoms with Gasteiger partial charge in [0.25, 0.3) is 0 Å². The Morgan fingerprint density at radius 3 is 1.10 bits per heavy atom. The number of terminal acetylenes is 1. The number of piperazine rings is 4. The number of aryl methyl sites for hydroxylation is 4. The van der Waals surface area contributed by atoms with Gasteiger partial charge in [-0.1, -0.05) is 221 Å². The number of β-amino-alcohol motifs (C(OH)–C–C–N with tert-alkyl or cyclic N) is 1. The third-order valence-corrected chi connectivity index (χ3v) is 26.2. The third kappa shape index (κ3) is 25.4. The fourth-order valence-corrected chi connectivity index (χ4v) is 18.7. The molecule has 4 aliphatic heterocycles. The van der Waals surface area contributed by atoms with E-state index in [2.05, 4.69) is 211 Å². The highest BCUT2D eigenvalue weighted by Gasteiger charge is 2.35. The van der Waals surface area contributed by atoms with Crippen molar-refractivity contribution < 1.29 is 5.11 Å². The largest absolute Gasteiger partial charge is 0.387 e. The van der Waals surface area contributed by atoms with Crippen LogP contribution in [0.3, 0.4) is 0 Å². The molecule has 0 amide bonds. The van der Waals surface area contributed by atoms with Gasteiger partial charge in [0, 0.05) is 141 Å². The van der Waals surface area contributed by atoms with Crippen LogP contribution in [-0.2, 0) is 12.8 Å². The van der Waals surface area contributed by atoms with Crippen LogP contribution in [0, 0.1) is 85.4 Å². The van der Waals surface area contributed by atoms with Gasteiger partial charge in [-0.25, -0.2) is 0 Å². The zero-order chi connectivity index (χ0) is 89.6. The van der Waals surface area contributed by atoms with Gasteiger partial charge in [-0.3, -0.25) is 19.6 Å². The van der Waals surface area contributed by atoms with Gasteiger partial charge in [0.15, 0.2) is 0 Å². The molecule has 12 aromatic rings. The first-order valence-electron chi connectivity index (χ1n) is 43.0. The molecular formula is C107H103Cl7N12O. The van der Waals surface area contributed by atoms with E-state index in [1.165, 1.54) is 55.8 Å². The second-order valence-corrected chi connectivity index (χ2v) is 36.2. The SMILES string of the molecule is C#Cc1ccc(N2CCN(CCc3ccc(C#N)cc3)CC2c2ccc(Cl)cc2)c(Cl)c1.Cc1ccc(C2CN(CCc3ccc(C#N)cc3)CCN2c2ccc(Cl)cc2C)cc1.Cc1ccc(N2CCN(CC(C)c3ccc(C#N)cc3)CC2c2ccc(Cl)cc2)c(C#N)c1.Cc1ccc(N2CCN(CC(O)c3ccc(Cl)cc3)CC2c2ccc(Cl)cc2)c(Cl)c1. The second-order valence-electron chi connectivity index (χ2n) is 33.2. The summed E-state index contributed by atoms with van der Waals surface area (Å²) in [5.74, 6) is 3.00. The van der Waals surface area contributed by atoms with Crippen LogP contribution in [-0.4, -0.2) is 129 Å². The Morgan fingerprint density at radius 1 is 0.339 bits per heavy atom. The van der Waals surface area contributed by atoms with Crippen LogP contribution in [0.5, 0.6) is 0 Å². The molecule has 1 N–H and O–H groups in total. The Morgan fingerprint density at radius 2 is 0.677 bits per heavy atom. The zero-order valence-corrected chi connectivity index (χ0v) is 77.4. The summed E-state index contributed by atoms with van der Waals surface area (Å²) >= 11 is 43.9. The van der Waals surface area contributed by atoms with Crippen molar-refractivity contribution in [1.82, 2.24) is 19.6 Å². The average Bonchev–Trinajstić information content (AvgIpc) is 0.800. The predicted molar refractivity (Wildman–Crippen MR) is 525 cm³/mol. The summed E-state index contributed by atoms with van der Waals surface area (Å²) in [5.41, 5.74) is 22.2. The number of hydrogen-bond donors (Lipinski definition) is 1. The molecule has 127 heavy (non-hydrogen) atoms. The molecule has 0 radical (unpaired) electrons. The molecule has 12 aromatic carbocycles. The molecule has 0 saturated carbocycles. The molecule has 0 aromatic heterocycles. The zero-order valence-electron chi connectivity index (χ0n) is 72.1. The molecular weight excluding hydrogens is 1720 g/mol. The lowest BCUT2D eigenvalue weighted by atomic mass is 9.96. The number of anilines is 4. The Bertz CT molecular complexity index is 5890. The van der Waals surface area contributed by atoms with Gasteiger partial charge in [0.1, 0.15) is 6.07 Å². The maximum absolute atomic E-state index is 10.8. The van der Waals surface area contributed by atoms with Gasteiger partial charge in [0.2, 0.25) is 0 Å². The van der Waals surface area contributed by atoms with Crippen molar-refractivity contribution in [3.05, 3.63) is 397 Å². The summed E-state index contributed by atoms with van der Waals surface area (Å²) in [6, 6.07) is 98.1. The van der Waals surface area contributed by atoms with Crippen molar-refractivity contribution >= 4 is 104 Å². The number of nitrogens with zero attached hydrogens (tertiary/aromatic N) is 12. The van der Waals surface area contributed by atoms with Gasteiger partial charge in [-0.2, -0.15) is 21.0 Å². The molecule has 0 spiro atoms. The standard InChI is InChI=1S/C28H27ClN4.C27H23Cl2N3.C27H28ClN3.C25H25Cl3N2O/c1-20-3-12-27(25(15-20)17-31)33-14-13-32(19-28(33)24-8-10-26(29)11-9-24)18-21(2)23-6-4-22(16-30)5-7-23;1-2-20-7-12-26(25(29)17-20)32-16-15-31(14-13-21-3-5-22(18-30)6-4-21)19-27(32)23-8-10-24(28)11-9-23;1-20-3-9-24(10-4-20)27-19-30(14-13-22-5-7-23(18-29)8-6-22)15-16-31(27)26-12-11-25(28)17-21(26)2;1-17-2-11-23(22(28)14-17)30-13-12-29(15-24(30)18-3-7-20(26)8-4-18)16-25(31)19-5-9-21(27)10-6-19/h3-12,15,21,28H,13-14,18-19H2,1-2H3;1,3-12,17,27H,13-16,19H2;3-12,17,27H,13-16,19H2,1-2H3;2-11,14,24-25,31H,12-13,15-16H2,1H3. The lowest BCUT2D eigenvalue weighted by Crippen LogP contribution is -2.49. The van der Waals surface area contributed by atoms with E-state index >= 15 is 0 Å². The Balaban J connectivity index is 0.000000145. The van der Waals surface area contributed by atoms with Crippen LogP contribution in [0.25, 0.3) is 0 Å². The first-order valence-corrected chi connectivity index (χ1v) is 45.6. The first kappa shape index (κ1) is 93.8. The minimum atomic E-state index is -0.572. The summed E-state index contributed by atoms with van der Waals surface area (Å²) in [6.07, 6.45) is 6.90. The maximum Gasteiger partial charge on any atom is 0.101 e. The van der Waals surface area contributed by atoms with Crippen LogP contribution in [0.4, 0.5) is 22.7 Å². The lowest BCUT2D eigenvalue weighted by molar-refractivity contribution is 0.100. The minimum Gasteiger partial charge on any atom is -0.387 e. The van der Waals surface area contributed by atoms with E-state index in [-0.39, 0.29) is 18.1 Å². The van der Waals surface area contributed by atoms with Gasteiger partial charge in [0.05, 0.1) is 97.8 Å². The molecule has 4 fully saturated rings. The van der Waals surface area contributed by atoms with Gasteiger partial charge >= 0.3 is 0 Å². The number of aliphatic hydroxyl groups is 1. The Hall–Kier alpha value is -10.8. The summed E-state index contributed by atoms with van der Waals surface area (Å²) in [6.45, 7) is 24.7. The van der Waals surface area contributed by atoms with Crippen LogP contribution in [0.1, 0.15) is 138 Å². The number of aliphatic hydroxyl groups excluding tert-OH is 1. The third-order valence-electron chi connectivity index (χ3n) is 24.4. The maximum atomic E-state index is 10.8. The highest BCUT2D eigenvalue weighted by molar-refractivity contribution is 6.34. The number of benzene rings is 12. The van der Waals surface area contributed by atoms with Crippen molar-refractivity contribution in [2.45, 2.75) is 83.6 Å². The summed E-state index contributed by atoms with van der Waals surface area (Å²) in [7, 11) is 0. The molecule has 13 nitrogen and oxygen atoms in total. The van der Waals surface area contributed by atoms with Crippen molar-refractivity contribution in [2.75, 3.05) is 124 Å². The Kier molecular flexibility index (Phi) is 33.4. The van der Waals surface area contributed by atoms with Gasteiger partial charge in [-0.05, 0) is 253 Å². The van der Waals surface area contributed by atoms with E-state index in [0.717, 1.165) is 181 Å². The fraction of sp³-hybridized carbons (Fsp3) is 0.271. The highest BCUT2D eigenvalue weighted by Crippen LogP contribution is 2.42. The van der Waals surface area contributed by atoms with E-state index < -0.39 is 6.10 Å². The van der Waals surface area contributed by atoms with E-state index in [0.29, 0.717) is 45.2 Å². The fourth-order valence-electron chi connectivity index (χ4n) is 17.3. The normalized spacial score (nSPS) is 17.2. The predicted octanol–water partition coefficient (Wildman–Crippen LogP) is 24.5. The molecule has 6 atom stereocenters. The molecule has 16 rings (SSSR count). The van der Waals surface area contributed by atoms with E-state index in [1.807, 2.05) is 159 Å². The second kappa shape index (κ2) is 45.3. The molecule has 4 saturated heterocycles. The summed E-state index contributed by atoms with van der Waals surface area (Å²) in [4.78, 5) is 19.5. The number of halogens is 7. The monoisotopic (exact) mass is 1820 g/mol. The number of nitriles is 4. The number of hydrogen-bond acceptors (Lipinski definition) is 13. The summed E-state index contributed by atoms with van der Waals surface area (Å²) in [5, 5.41) is 52.7. The molecule has 4 aliphatic rings. The topological polar surface area (TPSA) is 141 Å². The van der Waals surface area contributed by atoms with Gasteiger partial charge < -0.3 is 24.7 Å². The molecule has 6 unspecified atom stereocenters.